The molecule has 0 rings (SSSR count). The van der Waals surface area contributed by atoms with E-state index in [-0.39, 0.29) is 0 Å². The van der Waals surface area contributed by atoms with Crippen LogP contribution in [0.3, 0.4) is 0 Å². The predicted molar refractivity (Wildman–Crippen MR) is 61.9 cm³/mol. The Morgan fingerprint density at radius 3 is 1.85 bits per heavy atom. The first-order valence-corrected chi connectivity index (χ1v) is 6.00. The van der Waals surface area contributed by atoms with Gasteiger partial charge in [-0.25, -0.2) is 0 Å². The van der Waals surface area contributed by atoms with Crippen LogP contribution < -0.4 is 0 Å². The monoisotopic (exact) mass is 184 g/mol. The van der Waals surface area contributed by atoms with E-state index in [1.807, 2.05) is 0 Å². The highest BCUT2D eigenvalue weighted by Gasteiger charge is 2.31. The third-order valence-corrected chi connectivity index (χ3v) is 4.06. The van der Waals surface area contributed by atoms with E-state index in [2.05, 4.69) is 41.5 Å². The number of hydrogen-bond donors (Lipinski definition) is 0. The van der Waals surface area contributed by atoms with Gasteiger partial charge in [0.05, 0.1) is 0 Å². The second-order valence-electron chi connectivity index (χ2n) is 5.02. The summed E-state index contributed by atoms with van der Waals surface area (Å²) in [5.74, 6) is 1.76. The molecule has 0 saturated heterocycles. The first-order valence-electron chi connectivity index (χ1n) is 6.00. The highest BCUT2D eigenvalue weighted by Crippen LogP contribution is 2.40. The van der Waals surface area contributed by atoms with Crippen LogP contribution in [0.25, 0.3) is 0 Å². The van der Waals surface area contributed by atoms with Gasteiger partial charge in [-0.05, 0) is 17.3 Å². The van der Waals surface area contributed by atoms with Crippen molar-refractivity contribution in [3.05, 3.63) is 0 Å². The van der Waals surface area contributed by atoms with Crippen molar-refractivity contribution in [2.45, 2.75) is 67.2 Å². The number of rotatable bonds is 6. The molecule has 0 radical (unpaired) electrons. The first-order chi connectivity index (χ1) is 6.00. The summed E-state index contributed by atoms with van der Waals surface area (Å²) >= 11 is 0. The highest BCUT2D eigenvalue weighted by atomic mass is 14.4. The van der Waals surface area contributed by atoms with Gasteiger partial charge in [0.1, 0.15) is 0 Å². The Hall–Kier alpha value is 0. The molecule has 0 aliphatic rings. The Morgan fingerprint density at radius 2 is 1.54 bits per heavy atom. The summed E-state index contributed by atoms with van der Waals surface area (Å²) in [4.78, 5) is 0. The zero-order valence-electron chi connectivity index (χ0n) is 10.5. The van der Waals surface area contributed by atoms with Gasteiger partial charge in [0.15, 0.2) is 0 Å². The topological polar surface area (TPSA) is 0 Å². The lowest BCUT2D eigenvalue weighted by Gasteiger charge is -2.39. The third-order valence-electron chi connectivity index (χ3n) is 4.06. The lowest BCUT2D eigenvalue weighted by atomic mass is 9.67. The fourth-order valence-corrected chi connectivity index (χ4v) is 2.38. The highest BCUT2D eigenvalue weighted by molar-refractivity contribution is 4.81. The predicted octanol–water partition coefficient (Wildman–Crippen LogP) is 4.89. The second-order valence-corrected chi connectivity index (χ2v) is 5.02. The molecule has 0 aromatic rings. The van der Waals surface area contributed by atoms with Gasteiger partial charge in [0.25, 0.3) is 0 Å². The third kappa shape index (κ3) is 3.32. The van der Waals surface area contributed by atoms with Gasteiger partial charge < -0.3 is 0 Å². The Balaban J connectivity index is 4.36. The zero-order valence-corrected chi connectivity index (χ0v) is 10.5. The molecule has 2 unspecified atom stereocenters. The van der Waals surface area contributed by atoms with Crippen molar-refractivity contribution in [1.82, 2.24) is 0 Å². The van der Waals surface area contributed by atoms with Gasteiger partial charge in [-0.3, -0.25) is 0 Å². The van der Waals surface area contributed by atoms with Crippen LogP contribution >= 0.6 is 0 Å². The van der Waals surface area contributed by atoms with Crippen molar-refractivity contribution in [2.24, 2.45) is 17.3 Å². The lowest BCUT2D eigenvalue weighted by Crippen LogP contribution is -2.30. The van der Waals surface area contributed by atoms with Crippen molar-refractivity contribution >= 4 is 0 Å². The SMILES string of the molecule is CCCC(CC)C(C)(C)C(C)CC. The lowest BCUT2D eigenvalue weighted by molar-refractivity contribution is 0.110. The normalized spacial score (nSPS) is 17.1. The van der Waals surface area contributed by atoms with E-state index in [0.29, 0.717) is 5.41 Å². The standard InChI is InChI=1S/C13H28/c1-7-10-12(9-3)13(5,6)11(4)8-2/h11-12H,7-10H2,1-6H3. The van der Waals surface area contributed by atoms with Crippen LogP contribution in [0.1, 0.15) is 67.2 Å². The van der Waals surface area contributed by atoms with Crippen LogP contribution in [-0.2, 0) is 0 Å². The zero-order chi connectivity index (χ0) is 10.5. The molecule has 0 bridgehead atoms. The van der Waals surface area contributed by atoms with Gasteiger partial charge in [0.2, 0.25) is 0 Å². The van der Waals surface area contributed by atoms with E-state index in [0.717, 1.165) is 11.8 Å². The summed E-state index contributed by atoms with van der Waals surface area (Å²) in [5, 5.41) is 0. The van der Waals surface area contributed by atoms with Gasteiger partial charge in [-0.1, -0.05) is 67.2 Å². The van der Waals surface area contributed by atoms with Crippen LogP contribution in [0.4, 0.5) is 0 Å². The maximum Gasteiger partial charge on any atom is -0.0300 e. The maximum absolute atomic E-state index is 2.45. The molecule has 0 aromatic heterocycles. The Labute approximate surface area is 85.1 Å². The van der Waals surface area contributed by atoms with Gasteiger partial charge in [0, 0.05) is 0 Å². The Bertz CT molecular complexity index is 124. The molecule has 0 aromatic carbocycles. The van der Waals surface area contributed by atoms with Crippen LogP contribution in [0.5, 0.6) is 0 Å². The summed E-state index contributed by atoms with van der Waals surface area (Å²) in [6, 6.07) is 0. The molecule has 0 heteroatoms. The van der Waals surface area contributed by atoms with E-state index in [1.165, 1.54) is 25.7 Å². The van der Waals surface area contributed by atoms with E-state index in [1.54, 1.807) is 0 Å². The van der Waals surface area contributed by atoms with Crippen molar-refractivity contribution in [2.75, 3.05) is 0 Å². The van der Waals surface area contributed by atoms with E-state index >= 15 is 0 Å². The summed E-state index contributed by atoms with van der Waals surface area (Å²) in [6.45, 7) is 14.2. The molecule has 80 valence electrons. The maximum atomic E-state index is 2.45. The molecular weight excluding hydrogens is 156 g/mol. The van der Waals surface area contributed by atoms with Crippen molar-refractivity contribution in [1.29, 1.82) is 0 Å². The van der Waals surface area contributed by atoms with Gasteiger partial charge in [-0.15, -0.1) is 0 Å². The van der Waals surface area contributed by atoms with Gasteiger partial charge >= 0.3 is 0 Å². The minimum atomic E-state index is 0.527. The van der Waals surface area contributed by atoms with Crippen molar-refractivity contribution < 1.29 is 0 Å². The summed E-state index contributed by atoms with van der Waals surface area (Å²) in [5.41, 5.74) is 0.527. The molecular formula is C13H28. The average Bonchev–Trinajstić information content (AvgIpc) is 2.12. The van der Waals surface area contributed by atoms with Crippen LogP contribution in [0.2, 0.25) is 0 Å². The second kappa shape index (κ2) is 5.67. The summed E-state index contributed by atoms with van der Waals surface area (Å²) in [7, 11) is 0. The fourth-order valence-electron chi connectivity index (χ4n) is 2.38. The van der Waals surface area contributed by atoms with Gasteiger partial charge in [-0.2, -0.15) is 0 Å². The summed E-state index contributed by atoms with van der Waals surface area (Å²) in [6.07, 6.45) is 5.38. The minimum Gasteiger partial charge on any atom is -0.0654 e. The van der Waals surface area contributed by atoms with Crippen LogP contribution in [0.15, 0.2) is 0 Å². The molecule has 0 N–H and O–H groups in total. The first kappa shape index (κ1) is 13.0. The molecule has 0 heterocycles. The average molecular weight is 184 g/mol. The minimum absolute atomic E-state index is 0.527. The van der Waals surface area contributed by atoms with E-state index < -0.39 is 0 Å². The van der Waals surface area contributed by atoms with Crippen molar-refractivity contribution in [3.8, 4) is 0 Å². The largest absolute Gasteiger partial charge is 0.0654 e. The molecule has 13 heavy (non-hydrogen) atoms. The molecule has 0 spiro atoms. The molecule has 0 amide bonds. The fraction of sp³-hybridized carbons (Fsp3) is 1.00. The number of hydrogen-bond acceptors (Lipinski definition) is 0. The summed E-state index contributed by atoms with van der Waals surface area (Å²) < 4.78 is 0. The van der Waals surface area contributed by atoms with E-state index in [4.69, 9.17) is 0 Å². The van der Waals surface area contributed by atoms with Crippen LogP contribution in [0, 0.1) is 17.3 Å². The molecule has 2 atom stereocenters. The van der Waals surface area contributed by atoms with Crippen molar-refractivity contribution in [3.63, 3.8) is 0 Å². The van der Waals surface area contributed by atoms with E-state index in [9.17, 15) is 0 Å². The molecule has 0 saturated carbocycles. The molecule has 0 fully saturated rings. The quantitative estimate of drug-likeness (QED) is 0.551. The molecule has 0 aliphatic heterocycles. The Morgan fingerprint density at radius 1 is 1.00 bits per heavy atom. The molecule has 0 aliphatic carbocycles. The Kier molecular flexibility index (Phi) is 5.67. The molecule has 0 nitrogen and oxygen atoms in total. The smallest absolute Gasteiger partial charge is 0.0300 e. The van der Waals surface area contributed by atoms with Crippen LogP contribution in [-0.4, -0.2) is 0 Å².